The summed E-state index contributed by atoms with van der Waals surface area (Å²) in [6, 6.07) is 10.1. The van der Waals surface area contributed by atoms with Crippen molar-refractivity contribution in [2.45, 2.75) is 37.8 Å². The smallest absolute Gasteiger partial charge is 0.208 e. The third kappa shape index (κ3) is 6.26. The van der Waals surface area contributed by atoms with Crippen LogP contribution >= 0.6 is 0 Å². The van der Waals surface area contributed by atoms with Gasteiger partial charge in [0.15, 0.2) is 0 Å². The van der Waals surface area contributed by atoms with Gasteiger partial charge < -0.3 is 9.47 Å². The summed E-state index contributed by atoms with van der Waals surface area (Å²) in [7, 11) is -1.70. The molecule has 1 aromatic carbocycles. The molecule has 0 amide bonds. The molecular weight excluding hydrogens is 443 g/mol. The number of methoxy groups -OCH3 is 1. The van der Waals surface area contributed by atoms with Crippen LogP contribution in [-0.2, 0) is 19.5 Å². The van der Waals surface area contributed by atoms with Crippen LogP contribution in [0.3, 0.4) is 0 Å². The van der Waals surface area contributed by atoms with Gasteiger partial charge in [0.25, 0.3) is 0 Å². The Bertz CT molecular complexity index is 1070. The molecule has 1 N–H and O–H groups in total. The lowest BCUT2D eigenvalue weighted by Gasteiger charge is -2.33. The number of hydrogen-bond acceptors (Lipinski definition) is 5. The highest BCUT2D eigenvalue weighted by atomic mass is 32.2. The summed E-state index contributed by atoms with van der Waals surface area (Å²) >= 11 is 0. The summed E-state index contributed by atoms with van der Waals surface area (Å²) in [6.45, 7) is 0.285. The molecule has 2 aromatic rings. The summed E-state index contributed by atoms with van der Waals surface area (Å²) < 4.78 is 51.2. The van der Waals surface area contributed by atoms with Crippen LogP contribution in [0.25, 0.3) is 17.2 Å². The summed E-state index contributed by atoms with van der Waals surface area (Å²) in [5.74, 6) is 0.615. The average molecular weight is 475 g/mol. The Labute approximate surface area is 195 Å². The molecule has 2 aliphatic rings. The minimum Gasteiger partial charge on any atom is -0.359 e. The van der Waals surface area contributed by atoms with E-state index in [1.807, 2.05) is 24.3 Å². The predicted octanol–water partition coefficient (Wildman–Crippen LogP) is 4.24. The zero-order valence-corrected chi connectivity index (χ0v) is 19.8. The molecule has 178 valence electrons. The van der Waals surface area contributed by atoms with Crippen LogP contribution in [-0.4, -0.2) is 45.7 Å². The summed E-state index contributed by atoms with van der Waals surface area (Å²) in [4.78, 5) is 4.51. The molecule has 0 aliphatic heterocycles. The maximum Gasteiger partial charge on any atom is 0.208 e. The number of hydrogen-bond donors (Lipinski definition) is 1. The van der Waals surface area contributed by atoms with Crippen LogP contribution in [0.2, 0.25) is 0 Å². The van der Waals surface area contributed by atoms with Crippen molar-refractivity contribution in [1.82, 2.24) is 9.71 Å². The van der Waals surface area contributed by atoms with E-state index in [1.54, 1.807) is 19.4 Å². The highest BCUT2D eigenvalue weighted by Gasteiger charge is 2.45. The van der Waals surface area contributed by atoms with Crippen molar-refractivity contribution < 1.29 is 22.3 Å². The van der Waals surface area contributed by atoms with E-state index in [0.717, 1.165) is 42.5 Å². The normalized spacial score (nSPS) is 27.7. The molecule has 0 unspecified atom stereocenters. The lowest BCUT2D eigenvalue weighted by molar-refractivity contribution is -0.0930. The molecule has 0 saturated heterocycles. The fraction of sp³-hybridized carbons (Fsp3) is 0.480. The Morgan fingerprint density at radius 2 is 2.03 bits per heavy atom. The number of sulfonamides is 1. The van der Waals surface area contributed by atoms with Gasteiger partial charge in [-0.25, -0.2) is 17.5 Å². The summed E-state index contributed by atoms with van der Waals surface area (Å²) in [5.41, 5.74) is 2.41. The number of nitrogens with zero attached hydrogens (tertiary/aromatic N) is 1. The van der Waals surface area contributed by atoms with E-state index < -0.39 is 10.0 Å². The van der Waals surface area contributed by atoms with E-state index >= 15 is 0 Å². The van der Waals surface area contributed by atoms with E-state index in [2.05, 4.69) is 15.8 Å². The maximum atomic E-state index is 13.5. The first kappa shape index (κ1) is 24.0. The molecule has 1 heterocycles. The van der Waals surface area contributed by atoms with Crippen molar-refractivity contribution in [1.29, 1.82) is 0 Å². The van der Waals surface area contributed by atoms with Crippen molar-refractivity contribution in [3.63, 3.8) is 0 Å². The standard InChI is InChI=1S/C25H31FN2O4S/c1-31-16-32-22-9-11-23-19(13-22)14-25(28-33(2,29)30)24(23)10-8-21-7-6-18(15-27-21)17-4-3-5-20(26)12-17/h3-8,10,12,15,19,22-25,28H,9,11,13-14,16H2,1-2H3/t19-,22+,23+,24-,25+/m0/s1. The number of halogens is 1. The van der Waals surface area contributed by atoms with Gasteiger partial charge in [-0.05, 0) is 73.3 Å². The number of fused-ring (bicyclic) bond motifs is 1. The van der Waals surface area contributed by atoms with Gasteiger partial charge in [0.1, 0.15) is 12.6 Å². The predicted molar refractivity (Wildman–Crippen MR) is 126 cm³/mol. The van der Waals surface area contributed by atoms with Gasteiger partial charge in [-0.15, -0.1) is 0 Å². The molecule has 33 heavy (non-hydrogen) atoms. The van der Waals surface area contributed by atoms with Crippen LogP contribution in [0, 0.1) is 23.6 Å². The van der Waals surface area contributed by atoms with Crippen molar-refractivity contribution in [2.24, 2.45) is 17.8 Å². The highest BCUT2D eigenvalue weighted by Crippen LogP contribution is 2.47. The van der Waals surface area contributed by atoms with Crippen molar-refractivity contribution in [3.8, 4) is 11.1 Å². The maximum absolute atomic E-state index is 13.5. The van der Waals surface area contributed by atoms with Crippen molar-refractivity contribution >= 4 is 16.1 Å². The first-order valence-electron chi connectivity index (χ1n) is 11.3. The molecule has 0 bridgehead atoms. The number of rotatable bonds is 8. The third-order valence-electron chi connectivity index (χ3n) is 6.73. The van der Waals surface area contributed by atoms with E-state index in [-0.39, 0.29) is 30.7 Å². The second-order valence-electron chi connectivity index (χ2n) is 9.08. The monoisotopic (exact) mass is 474 g/mol. The van der Waals surface area contributed by atoms with Gasteiger partial charge >= 0.3 is 0 Å². The van der Waals surface area contributed by atoms with Crippen molar-refractivity contribution in [2.75, 3.05) is 20.2 Å². The second kappa shape index (κ2) is 10.4. The first-order chi connectivity index (χ1) is 15.8. The summed E-state index contributed by atoms with van der Waals surface area (Å²) in [6.07, 6.45) is 10.8. The molecule has 4 rings (SSSR count). The fourth-order valence-corrected chi connectivity index (χ4v) is 6.15. The second-order valence-corrected chi connectivity index (χ2v) is 10.9. The van der Waals surface area contributed by atoms with E-state index in [9.17, 15) is 12.8 Å². The number of nitrogens with one attached hydrogen (secondary N) is 1. The Kier molecular flexibility index (Phi) is 7.58. The average Bonchev–Trinajstić information content (AvgIpc) is 3.11. The van der Waals surface area contributed by atoms with Crippen LogP contribution in [0.1, 0.15) is 31.4 Å². The molecule has 2 aliphatic carbocycles. The summed E-state index contributed by atoms with van der Waals surface area (Å²) in [5, 5.41) is 0. The first-order valence-corrected chi connectivity index (χ1v) is 13.2. The quantitative estimate of drug-likeness (QED) is 0.579. The molecule has 5 atom stereocenters. The lowest BCUT2D eigenvalue weighted by Crippen LogP contribution is -2.37. The Balaban J connectivity index is 1.49. The van der Waals surface area contributed by atoms with E-state index in [4.69, 9.17) is 9.47 Å². The Hall–Kier alpha value is -2.13. The van der Waals surface area contributed by atoms with Gasteiger partial charge in [0, 0.05) is 24.9 Å². The topological polar surface area (TPSA) is 77.5 Å². The van der Waals surface area contributed by atoms with Gasteiger partial charge in [-0.2, -0.15) is 0 Å². The number of aromatic nitrogens is 1. The lowest BCUT2D eigenvalue weighted by atomic mass is 9.76. The zero-order chi connectivity index (χ0) is 23.4. The number of ether oxygens (including phenoxy) is 2. The van der Waals surface area contributed by atoms with Crippen LogP contribution in [0.4, 0.5) is 4.39 Å². The largest absolute Gasteiger partial charge is 0.359 e. The van der Waals surface area contributed by atoms with Gasteiger partial charge in [0.05, 0.1) is 18.1 Å². The third-order valence-corrected chi connectivity index (χ3v) is 7.46. The SMILES string of the molecule is COCO[C@@H]1CC[C@@H]2[C@@H](C1)C[C@@H](NS(C)(=O)=O)[C@H]2C=Cc1ccc(-c2cccc(F)c2)cn1. The minimum atomic E-state index is -3.32. The molecule has 2 saturated carbocycles. The molecule has 1 aromatic heterocycles. The number of benzene rings is 1. The molecule has 8 heteroatoms. The van der Waals surface area contributed by atoms with Crippen molar-refractivity contribution in [3.05, 3.63) is 60.2 Å². The molecule has 0 radical (unpaired) electrons. The van der Waals surface area contributed by atoms with Crippen LogP contribution in [0.15, 0.2) is 48.7 Å². The minimum absolute atomic E-state index is 0.0952. The molecule has 2 fully saturated rings. The number of pyridine rings is 1. The Morgan fingerprint density at radius 3 is 2.73 bits per heavy atom. The zero-order valence-electron chi connectivity index (χ0n) is 19.0. The molecule has 0 spiro atoms. The molecular formula is C25H31FN2O4S. The van der Waals surface area contributed by atoms with Crippen LogP contribution < -0.4 is 4.72 Å². The highest BCUT2D eigenvalue weighted by molar-refractivity contribution is 7.88. The molecule has 6 nitrogen and oxygen atoms in total. The van der Waals surface area contributed by atoms with Gasteiger partial charge in [-0.1, -0.05) is 24.3 Å². The fourth-order valence-electron chi connectivity index (χ4n) is 5.35. The van der Waals surface area contributed by atoms with E-state index in [1.165, 1.54) is 18.4 Å². The van der Waals surface area contributed by atoms with E-state index in [0.29, 0.717) is 11.8 Å². The van der Waals surface area contributed by atoms with Crippen LogP contribution in [0.5, 0.6) is 0 Å². The van der Waals surface area contributed by atoms with Gasteiger partial charge in [0.2, 0.25) is 10.0 Å². The Morgan fingerprint density at radius 1 is 1.18 bits per heavy atom. The van der Waals surface area contributed by atoms with Gasteiger partial charge in [-0.3, -0.25) is 4.98 Å².